The summed E-state index contributed by atoms with van der Waals surface area (Å²) in [6, 6.07) is 29.0. The molecular formula is C28H36N3OsP2. The van der Waals surface area contributed by atoms with Crippen molar-refractivity contribution in [3.8, 4) is 11.4 Å². The third-order valence-electron chi connectivity index (χ3n) is 4.78. The molecule has 34 heavy (non-hydrogen) atoms. The minimum absolute atomic E-state index is 0. The van der Waals surface area contributed by atoms with Gasteiger partial charge in [0.1, 0.15) is 0 Å². The van der Waals surface area contributed by atoms with E-state index in [1.807, 2.05) is 24.3 Å². The van der Waals surface area contributed by atoms with Gasteiger partial charge in [-0.1, -0.05) is 115 Å². The molecule has 0 aliphatic heterocycles. The van der Waals surface area contributed by atoms with Gasteiger partial charge in [-0.15, -0.1) is 0 Å². The maximum atomic E-state index is 4.24. The fraction of sp³-hybridized carbons (Fsp3) is 0.286. The third kappa shape index (κ3) is 10.7. The second kappa shape index (κ2) is 15.3. The van der Waals surface area contributed by atoms with Crippen molar-refractivity contribution in [1.29, 1.82) is 0 Å². The third-order valence-corrected chi connectivity index (χ3v) is 7.44. The molecule has 0 saturated heterocycles. The van der Waals surface area contributed by atoms with Crippen molar-refractivity contribution in [3.05, 3.63) is 96.8 Å². The normalized spacial score (nSPS) is 10.5. The Hall–Kier alpha value is -1.70. The molecule has 0 atom stereocenters. The molecule has 2 heterocycles. The smallest absolute Gasteiger partial charge is 0.573 e. The van der Waals surface area contributed by atoms with E-state index >= 15 is 0 Å². The molecule has 1 radical (unpaired) electrons. The summed E-state index contributed by atoms with van der Waals surface area (Å²) in [4.78, 5) is 4.24. The van der Waals surface area contributed by atoms with Crippen LogP contribution < -0.4 is 15.7 Å². The van der Waals surface area contributed by atoms with Crippen molar-refractivity contribution in [1.82, 2.24) is 15.2 Å². The molecule has 2 aromatic carbocycles. The van der Waals surface area contributed by atoms with E-state index in [1.165, 1.54) is 10.6 Å². The van der Waals surface area contributed by atoms with Crippen molar-refractivity contribution in [2.75, 3.05) is 26.7 Å². The molecule has 0 spiro atoms. The summed E-state index contributed by atoms with van der Waals surface area (Å²) in [5.41, 5.74) is 2.77. The van der Waals surface area contributed by atoms with Gasteiger partial charge in [-0.2, -0.15) is 0 Å². The summed E-state index contributed by atoms with van der Waals surface area (Å²) in [7, 11) is 0.209. The summed E-state index contributed by atoms with van der Waals surface area (Å²) >= 11 is 0. The molecule has 0 aliphatic rings. The Morgan fingerprint density at radius 2 is 1.15 bits per heavy atom. The molecule has 4 rings (SSSR count). The molecule has 3 nitrogen and oxygen atoms in total. The predicted molar refractivity (Wildman–Crippen MR) is 149 cm³/mol. The Balaban J connectivity index is 0.000000266. The second-order valence-corrected chi connectivity index (χ2v) is 13.7. The zero-order valence-electron chi connectivity index (χ0n) is 21.2. The largest absolute Gasteiger partial charge is 1.00 e. The Kier molecular flexibility index (Phi) is 13.7. The Morgan fingerprint density at radius 1 is 0.676 bits per heavy atom. The molecule has 4 aromatic rings. The Morgan fingerprint density at radius 3 is 1.47 bits per heavy atom. The van der Waals surface area contributed by atoms with E-state index in [-0.39, 0.29) is 41.0 Å². The van der Waals surface area contributed by atoms with Gasteiger partial charge in [0, 0.05) is 23.0 Å². The topological polar surface area (TPSA) is 39.9 Å². The number of aromatic nitrogens is 3. The maximum Gasteiger partial charge on any atom is 1.00 e. The first kappa shape index (κ1) is 30.3. The summed E-state index contributed by atoms with van der Waals surface area (Å²) in [5.74, 6) is 0. The van der Waals surface area contributed by atoms with Crippen LogP contribution in [-0.4, -0.2) is 36.7 Å². The van der Waals surface area contributed by atoms with Gasteiger partial charge in [0.25, 0.3) is 0 Å². The van der Waals surface area contributed by atoms with Gasteiger partial charge in [0.05, 0.1) is 0 Å². The van der Waals surface area contributed by atoms with Crippen LogP contribution in [-0.2, 0) is 25.2 Å². The van der Waals surface area contributed by atoms with E-state index in [0.717, 1.165) is 17.1 Å². The first-order chi connectivity index (χ1) is 15.7. The average Bonchev–Trinajstić information content (AvgIpc) is 3.33. The van der Waals surface area contributed by atoms with Crippen LogP contribution in [0.5, 0.6) is 0 Å². The molecular weight excluding hydrogens is 631 g/mol. The first-order valence-corrected chi connectivity index (χ1v) is 15.5. The van der Waals surface area contributed by atoms with Gasteiger partial charge in [0.2, 0.25) is 0 Å². The number of rotatable bonds is 3. The van der Waals surface area contributed by atoms with Crippen LogP contribution in [0.4, 0.5) is 0 Å². The standard InChI is InChI=1S/C12H14N3.2C8H11P.Os/c1-12(2,3)11-8-10(14-15-11)9-6-4-5-7-13-9;2*1-9(2)8-6-4-3-5-7-8;/h4-8H,1-3H3;2*3-7H,1-2H3;/q-1;;;+1. The number of pyridine rings is 1. The van der Waals surface area contributed by atoms with Gasteiger partial charge >= 0.3 is 19.8 Å². The zero-order chi connectivity index (χ0) is 24.3. The van der Waals surface area contributed by atoms with E-state index in [0.29, 0.717) is 0 Å². The molecule has 0 bridgehead atoms. The van der Waals surface area contributed by atoms with Crippen molar-refractivity contribution in [2.45, 2.75) is 26.2 Å². The van der Waals surface area contributed by atoms with Crippen LogP contribution in [0.1, 0.15) is 26.5 Å². The first-order valence-electron chi connectivity index (χ1n) is 11.1. The number of benzene rings is 2. The summed E-state index contributed by atoms with van der Waals surface area (Å²) in [6.07, 6.45) is 1.76. The van der Waals surface area contributed by atoms with Gasteiger partial charge < -0.3 is 10.2 Å². The molecule has 0 N–H and O–H groups in total. The molecule has 0 saturated carbocycles. The molecule has 0 unspecified atom stereocenters. The van der Waals surface area contributed by atoms with E-state index in [2.05, 4.69) is 123 Å². The quantitative estimate of drug-likeness (QED) is 0.235. The van der Waals surface area contributed by atoms with Crippen LogP contribution >= 0.6 is 15.8 Å². The van der Waals surface area contributed by atoms with Crippen molar-refractivity contribution in [3.63, 3.8) is 0 Å². The summed E-state index contributed by atoms with van der Waals surface area (Å²) in [6.45, 7) is 15.4. The van der Waals surface area contributed by atoms with Crippen molar-refractivity contribution >= 4 is 26.5 Å². The van der Waals surface area contributed by atoms with Crippen LogP contribution in [0.3, 0.4) is 0 Å². The van der Waals surface area contributed by atoms with Crippen molar-refractivity contribution in [2.24, 2.45) is 0 Å². The summed E-state index contributed by atoms with van der Waals surface area (Å²) in [5, 5.41) is 11.3. The molecule has 181 valence electrons. The zero-order valence-corrected chi connectivity index (χ0v) is 25.6. The Bertz CT molecular complexity index is 1000. The minimum atomic E-state index is 0. The van der Waals surface area contributed by atoms with E-state index in [9.17, 15) is 0 Å². The molecule has 2 aromatic heterocycles. The summed E-state index contributed by atoms with van der Waals surface area (Å²) < 4.78 is 0. The molecule has 0 fully saturated rings. The van der Waals surface area contributed by atoms with Gasteiger partial charge in [-0.3, -0.25) is 4.98 Å². The van der Waals surface area contributed by atoms with E-state index < -0.39 is 0 Å². The van der Waals surface area contributed by atoms with Crippen LogP contribution in [0, 0.1) is 0 Å². The average molecular weight is 667 g/mol. The van der Waals surface area contributed by atoms with Crippen molar-refractivity contribution < 1.29 is 19.8 Å². The number of hydrogen-bond donors (Lipinski definition) is 0. The monoisotopic (exact) mass is 668 g/mol. The van der Waals surface area contributed by atoms with Gasteiger partial charge in [-0.25, -0.2) is 0 Å². The second-order valence-electron chi connectivity index (χ2n) is 9.04. The Labute approximate surface area is 221 Å². The fourth-order valence-corrected chi connectivity index (χ4v) is 4.29. The van der Waals surface area contributed by atoms with Crippen LogP contribution in [0.2, 0.25) is 0 Å². The minimum Gasteiger partial charge on any atom is -0.573 e. The molecule has 0 amide bonds. The number of nitrogens with zero attached hydrogens (tertiary/aromatic N) is 3. The van der Waals surface area contributed by atoms with Crippen LogP contribution in [0.25, 0.3) is 11.4 Å². The molecule has 0 aliphatic carbocycles. The van der Waals surface area contributed by atoms with E-state index in [1.54, 1.807) is 6.20 Å². The van der Waals surface area contributed by atoms with Gasteiger partial charge in [-0.05, 0) is 49.4 Å². The fourth-order valence-electron chi connectivity index (χ4n) is 2.75. The predicted octanol–water partition coefficient (Wildman–Crippen LogP) is 6.50. The van der Waals surface area contributed by atoms with Gasteiger partial charge in [0.15, 0.2) is 0 Å². The van der Waals surface area contributed by atoms with Crippen LogP contribution in [0.15, 0.2) is 91.1 Å². The SMILES string of the molecule is CC(C)(C)c1cc(-c2ccccn2)[n-]n1.CP(C)c1ccccc1.CP(C)c1ccccc1.[Os+]. The van der Waals surface area contributed by atoms with E-state index in [4.69, 9.17) is 0 Å². The maximum absolute atomic E-state index is 4.24. The molecule has 6 heteroatoms. The number of hydrogen-bond acceptors (Lipinski definition) is 2.